The highest BCUT2D eigenvalue weighted by molar-refractivity contribution is 7.13. The third-order valence-corrected chi connectivity index (χ3v) is 7.35. The van der Waals surface area contributed by atoms with Crippen LogP contribution in [-0.2, 0) is 11.2 Å². The minimum Gasteiger partial charge on any atom is -0.378 e. The van der Waals surface area contributed by atoms with Crippen LogP contribution >= 0.6 is 11.3 Å². The maximum absolute atomic E-state index is 5.71. The van der Waals surface area contributed by atoms with Crippen molar-refractivity contribution in [3.05, 3.63) is 11.1 Å². The van der Waals surface area contributed by atoms with Crippen LogP contribution in [0.5, 0.6) is 0 Å². The Morgan fingerprint density at radius 1 is 1.38 bits per heavy atom. The fourth-order valence-corrected chi connectivity index (χ4v) is 4.77. The number of nitrogens with zero attached hydrogens (tertiary/aromatic N) is 3. The van der Waals surface area contributed by atoms with Crippen molar-refractivity contribution < 1.29 is 4.74 Å². The van der Waals surface area contributed by atoms with Crippen LogP contribution in [0, 0.1) is 5.41 Å². The third kappa shape index (κ3) is 3.69. The quantitative estimate of drug-likeness (QED) is 0.588. The molecule has 2 unspecified atom stereocenters. The number of aromatic nitrogens is 1. The van der Waals surface area contributed by atoms with E-state index in [4.69, 9.17) is 9.72 Å². The summed E-state index contributed by atoms with van der Waals surface area (Å²) in [5.74, 6) is 0.858. The number of rotatable bonds is 6. The van der Waals surface area contributed by atoms with Gasteiger partial charge in [-0.1, -0.05) is 13.8 Å². The van der Waals surface area contributed by atoms with Crippen LogP contribution < -0.4 is 15.5 Å². The Labute approximate surface area is 161 Å². The maximum Gasteiger partial charge on any atom is 0.191 e. The second-order valence-electron chi connectivity index (χ2n) is 8.12. The number of methoxy groups -OCH3 is 1. The zero-order chi connectivity index (χ0) is 18.8. The molecule has 26 heavy (non-hydrogen) atoms. The largest absolute Gasteiger partial charge is 0.378 e. The first kappa shape index (κ1) is 19.4. The van der Waals surface area contributed by atoms with Gasteiger partial charge in [0.25, 0.3) is 0 Å². The Morgan fingerprint density at radius 2 is 2.12 bits per heavy atom. The summed E-state index contributed by atoms with van der Waals surface area (Å²) in [4.78, 5) is 11.6. The third-order valence-electron chi connectivity index (χ3n) is 6.40. The van der Waals surface area contributed by atoms with Gasteiger partial charge in [-0.2, -0.15) is 0 Å². The minimum absolute atomic E-state index is 0.0684. The fourth-order valence-electron chi connectivity index (χ4n) is 3.86. The van der Waals surface area contributed by atoms with Gasteiger partial charge in [-0.3, -0.25) is 4.99 Å². The highest BCUT2D eigenvalue weighted by Gasteiger charge is 2.58. The van der Waals surface area contributed by atoms with E-state index in [0.717, 1.165) is 44.1 Å². The van der Waals surface area contributed by atoms with E-state index in [0.29, 0.717) is 6.04 Å². The molecule has 3 rings (SSSR count). The standard InChI is InChI=1S/C19H33N5OS/c1-18(2)15(12-19(18,3)25-5)23-16(20-4)21-9-8-14-13-26-17(22-14)24-10-6-7-11-24/h13,15H,6-12H2,1-5H3,(H2,20,21,23). The molecule has 0 amide bonds. The summed E-state index contributed by atoms with van der Waals surface area (Å²) in [5.41, 5.74) is 1.16. The summed E-state index contributed by atoms with van der Waals surface area (Å²) in [5, 5.41) is 10.3. The molecule has 1 saturated carbocycles. The van der Waals surface area contributed by atoms with E-state index in [2.05, 4.69) is 46.7 Å². The Morgan fingerprint density at radius 3 is 2.73 bits per heavy atom. The van der Waals surface area contributed by atoms with Gasteiger partial charge in [0.1, 0.15) is 0 Å². The van der Waals surface area contributed by atoms with Gasteiger partial charge in [0.15, 0.2) is 11.1 Å². The summed E-state index contributed by atoms with van der Waals surface area (Å²) < 4.78 is 5.71. The summed E-state index contributed by atoms with van der Waals surface area (Å²) in [6, 6.07) is 0.361. The number of nitrogens with one attached hydrogen (secondary N) is 2. The second-order valence-corrected chi connectivity index (χ2v) is 8.96. The van der Waals surface area contributed by atoms with Gasteiger partial charge in [0.05, 0.1) is 11.3 Å². The summed E-state index contributed by atoms with van der Waals surface area (Å²) >= 11 is 1.76. The molecule has 2 aliphatic rings. The maximum atomic E-state index is 5.71. The molecule has 0 aromatic carbocycles. The van der Waals surface area contributed by atoms with Gasteiger partial charge in [-0.05, 0) is 26.2 Å². The Hall–Kier alpha value is -1.34. The van der Waals surface area contributed by atoms with Crippen LogP contribution in [0.1, 0.15) is 45.7 Å². The Balaban J connectivity index is 1.45. The van der Waals surface area contributed by atoms with Crippen molar-refractivity contribution in [3.63, 3.8) is 0 Å². The monoisotopic (exact) mass is 379 g/mol. The highest BCUT2D eigenvalue weighted by atomic mass is 32.1. The molecule has 7 heteroatoms. The van der Waals surface area contributed by atoms with Crippen LogP contribution in [0.15, 0.2) is 10.4 Å². The lowest BCUT2D eigenvalue weighted by molar-refractivity contribution is -0.176. The van der Waals surface area contributed by atoms with Gasteiger partial charge in [-0.25, -0.2) is 4.98 Å². The molecule has 0 bridgehead atoms. The molecule has 1 aromatic rings. The number of guanidine groups is 1. The van der Waals surface area contributed by atoms with E-state index in [1.54, 1.807) is 18.4 Å². The van der Waals surface area contributed by atoms with E-state index in [-0.39, 0.29) is 11.0 Å². The molecule has 1 aliphatic carbocycles. The molecule has 1 aliphatic heterocycles. The molecule has 6 nitrogen and oxygen atoms in total. The Kier molecular flexibility index (Phi) is 5.77. The lowest BCUT2D eigenvalue weighted by atomic mass is 9.56. The zero-order valence-electron chi connectivity index (χ0n) is 16.8. The zero-order valence-corrected chi connectivity index (χ0v) is 17.6. The number of hydrogen-bond acceptors (Lipinski definition) is 5. The second kappa shape index (κ2) is 7.72. The van der Waals surface area contributed by atoms with Crippen molar-refractivity contribution in [2.45, 2.75) is 58.1 Å². The summed E-state index contributed by atoms with van der Waals surface area (Å²) in [7, 11) is 3.63. The molecule has 0 radical (unpaired) electrons. The fraction of sp³-hybridized carbons (Fsp3) is 0.789. The summed E-state index contributed by atoms with van der Waals surface area (Å²) in [6.07, 6.45) is 4.48. The van der Waals surface area contributed by atoms with Crippen LogP contribution in [0.3, 0.4) is 0 Å². The average Bonchev–Trinajstić information content (AvgIpc) is 3.31. The molecular formula is C19H33N5OS. The van der Waals surface area contributed by atoms with Crippen molar-refractivity contribution in [1.29, 1.82) is 0 Å². The number of ether oxygens (including phenoxy) is 1. The minimum atomic E-state index is -0.0733. The molecule has 146 valence electrons. The van der Waals surface area contributed by atoms with Gasteiger partial charge in [-0.15, -0.1) is 11.3 Å². The smallest absolute Gasteiger partial charge is 0.191 e. The number of thiazole rings is 1. The molecule has 2 N–H and O–H groups in total. The van der Waals surface area contributed by atoms with E-state index in [9.17, 15) is 0 Å². The van der Waals surface area contributed by atoms with Crippen molar-refractivity contribution in [1.82, 2.24) is 15.6 Å². The van der Waals surface area contributed by atoms with Crippen LogP contribution in [-0.4, -0.2) is 56.4 Å². The first-order valence-electron chi connectivity index (χ1n) is 9.61. The van der Waals surface area contributed by atoms with Crippen LogP contribution in [0.25, 0.3) is 0 Å². The topological polar surface area (TPSA) is 61.8 Å². The van der Waals surface area contributed by atoms with Crippen molar-refractivity contribution in [2.75, 3.05) is 38.7 Å². The van der Waals surface area contributed by atoms with Gasteiger partial charge in [0, 0.05) is 57.0 Å². The number of aliphatic imine (C=N–C) groups is 1. The molecule has 2 heterocycles. The normalized spacial score (nSPS) is 28.1. The van der Waals surface area contributed by atoms with Crippen molar-refractivity contribution in [3.8, 4) is 0 Å². The molecule has 0 spiro atoms. The number of hydrogen-bond donors (Lipinski definition) is 2. The lowest BCUT2D eigenvalue weighted by Crippen LogP contribution is -2.69. The van der Waals surface area contributed by atoms with Gasteiger partial charge < -0.3 is 20.3 Å². The van der Waals surface area contributed by atoms with E-state index in [1.807, 2.05) is 7.05 Å². The van der Waals surface area contributed by atoms with Crippen molar-refractivity contribution in [2.24, 2.45) is 10.4 Å². The first-order chi connectivity index (χ1) is 12.4. The molecule has 2 atom stereocenters. The Bertz CT molecular complexity index is 638. The van der Waals surface area contributed by atoms with E-state index >= 15 is 0 Å². The molecule has 2 fully saturated rings. The highest BCUT2D eigenvalue weighted by Crippen LogP contribution is 2.51. The lowest BCUT2D eigenvalue weighted by Gasteiger charge is -2.59. The summed E-state index contributed by atoms with van der Waals surface area (Å²) in [6.45, 7) is 9.82. The van der Waals surface area contributed by atoms with Crippen LogP contribution in [0.2, 0.25) is 0 Å². The van der Waals surface area contributed by atoms with E-state index < -0.39 is 0 Å². The number of anilines is 1. The molecule has 1 aromatic heterocycles. The van der Waals surface area contributed by atoms with Gasteiger partial charge >= 0.3 is 0 Å². The molecular weight excluding hydrogens is 346 g/mol. The van der Waals surface area contributed by atoms with Crippen LogP contribution in [0.4, 0.5) is 5.13 Å². The molecule has 1 saturated heterocycles. The first-order valence-corrected chi connectivity index (χ1v) is 10.5. The van der Waals surface area contributed by atoms with Crippen molar-refractivity contribution >= 4 is 22.4 Å². The average molecular weight is 380 g/mol. The predicted octanol–water partition coefficient (Wildman–Crippen LogP) is 2.65. The predicted molar refractivity (Wildman–Crippen MR) is 109 cm³/mol. The van der Waals surface area contributed by atoms with E-state index in [1.165, 1.54) is 18.0 Å². The van der Waals surface area contributed by atoms with Gasteiger partial charge in [0.2, 0.25) is 0 Å². The SMILES string of the molecule is CN=C(NCCc1csc(N2CCCC2)n1)NC1CC(C)(OC)C1(C)C.